The fourth-order valence-corrected chi connectivity index (χ4v) is 3.25. The van der Waals surface area contributed by atoms with Crippen LogP contribution in [0.3, 0.4) is 0 Å². The number of hydrazine groups is 1. The van der Waals surface area contributed by atoms with E-state index in [2.05, 4.69) is 21.5 Å². The van der Waals surface area contributed by atoms with Crippen LogP contribution in [-0.4, -0.2) is 35.5 Å². The van der Waals surface area contributed by atoms with Gasteiger partial charge in [-0.2, -0.15) is 0 Å². The van der Waals surface area contributed by atoms with Gasteiger partial charge in [0.25, 0.3) is 0 Å². The maximum atomic E-state index is 11.9. The van der Waals surface area contributed by atoms with E-state index < -0.39 is 0 Å². The molecular weight excluding hydrogens is 455 g/mol. The fourth-order valence-electron chi connectivity index (χ4n) is 2.01. The molecule has 2 rings (SSSR count). The molecule has 0 radical (unpaired) electrons. The first kappa shape index (κ1) is 23.1. The maximum absolute atomic E-state index is 11.9. The van der Waals surface area contributed by atoms with Crippen molar-refractivity contribution < 1.29 is 14.3 Å². The molecule has 0 aliphatic rings. The second-order valence-electron chi connectivity index (χ2n) is 5.52. The number of thioether (sulfide) groups is 1. The number of rotatable bonds is 7. The van der Waals surface area contributed by atoms with Crippen LogP contribution in [-0.2, 0) is 9.59 Å². The van der Waals surface area contributed by atoms with Crippen LogP contribution in [0.2, 0.25) is 10.0 Å². The minimum atomic E-state index is -0.335. The van der Waals surface area contributed by atoms with E-state index in [0.717, 1.165) is 0 Å². The molecule has 2 aromatic rings. The largest absolute Gasteiger partial charge is 0.497 e. The van der Waals surface area contributed by atoms with Crippen LogP contribution in [0.25, 0.3) is 0 Å². The molecular formula is C18H18Cl2N4O3S2. The van der Waals surface area contributed by atoms with Crippen LogP contribution in [0.4, 0.5) is 11.4 Å². The number of methoxy groups -OCH3 is 1. The summed E-state index contributed by atoms with van der Waals surface area (Å²) in [5.74, 6) is 0.358. The molecule has 0 atom stereocenters. The molecule has 29 heavy (non-hydrogen) atoms. The Labute approximate surface area is 187 Å². The van der Waals surface area contributed by atoms with Gasteiger partial charge in [-0.3, -0.25) is 20.4 Å². The summed E-state index contributed by atoms with van der Waals surface area (Å²) >= 11 is 18.1. The molecule has 2 aromatic carbocycles. The average molecular weight is 473 g/mol. The lowest BCUT2D eigenvalue weighted by atomic mass is 10.3. The van der Waals surface area contributed by atoms with Gasteiger partial charge >= 0.3 is 0 Å². The second-order valence-corrected chi connectivity index (χ2v) is 7.76. The Balaban J connectivity index is 1.64. The standard InChI is InChI=1S/C18H18Cl2N4O3S2/c1-27-13-5-3-12(4-6-13)21-16(25)9-29-10-17(26)23-24-18(28)22-15-7-2-11(19)8-14(15)20/h2-8H,9-10H2,1H3,(H,21,25)(H,23,26)(H2,22,24,28). The third-order valence-corrected chi connectivity index (χ3v) is 5.02. The first-order valence-electron chi connectivity index (χ1n) is 8.20. The van der Waals surface area contributed by atoms with Crippen molar-refractivity contribution >= 4 is 75.5 Å². The summed E-state index contributed by atoms with van der Waals surface area (Å²) in [5.41, 5.74) is 6.21. The SMILES string of the molecule is COc1ccc(NC(=O)CSCC(=O)NNC(=S)Nc2ccc(Cl)cc2Cl)cc1. The van der Waals surface area contributed by atoms with Crippen molar-refractivity contribution in [2.24, 2.45) is 0 Å². The summed E-state index contributed by atoms with van der Waals surface area (Å²) in [5, 5.41) is 6.63. The summed E-state index contributed by atoms with van der Waals surface area (Å²) < 4.78 is 5.06. The van der Waals surface area contributed by atoms with Gasteiger partial charge in [-0.1, -0.05) is 23.2 Å². The lowest BCUT2D eigenvalue weighted by Crippen LogP contribution is -2.44. The number of ether oxygens (including phenoxy) is 1. The Morgan fingerprint density at radius 1 is 1.00 bits per heavy atom. The third kappa shape index (κ3) is 8.36. The number of halogens is 2. The highest BCUT2D eigenvalue weighted by atomic mass is 35.5. The van der Waals surface area contributed by atoms with Gasteiger partial charge in [-0.05, 0) is 54.7 Å². The predicted molar refractivity (Wildman–Crippen MR) is 123 cm³/mol. The minimum absolute atomic E-state index is 0.0767. The Morgan fingerprint density at radius 3 is 2.34 bits per heavy atom. The summed E-state index contributed by atoms with van der Waals surface area (Å²) in [6, 6.07) is 11.9. The molecule has 154 valence electrons. The smallest absolute Gasteiger partial charge is 0.248 e. The van der Waals surface area contributed by atoms with E-state index in [-0.39, 0.29) is 28.4 Å². The summed E-state index contributed by atoms with van der Waals surface area (Å²) in [7, 11) is 1.57. The highest BCUT2D eigenvalue weighted by molar-refractivity contribution is 8.00. The number of amides is 2. The molecule has 7 nitrogen and oxygen atoms in total. The molecule has 11 heteroatoms. The molecule has 0 bridgehead atoms. The Bertz CT molecular complexity index is 882. The molecule has 0 aliphatic heterocycles. The molecule has 0 aromatic heterocycles. The van der Waals surface area contributed by atoms with Crippen molar-refractivity contribution in [3.05, 3.63) is 52.5 Å². The van der Waals surface area contributed by atoms with E-state index in [1.807, 2.05) is 0 Å². The molecule has 4 N–H and O–H groups in total. The monoisotopic (exact) mass is 472 g/mol. The van der Waals surface area contributed by atoms with Crippen molar-refractivity contribution in [1.29, 1.82) is 0 Å². The van der Waals surface area contributed by atoms with Gasteiger partial charge in [0.15, 0.2) is 5.11 Å². The zero-order chi connectivity index (χ0) is 21.2. The maximum Gasteiger partial charge on any atom is 0.248 e. The molecule has 0 heterocycles. The van der Waals surface area contributed by atoms with Gasteiger partial charge < -0.3 is 15.4 Å². The Hall–Kier alpha value is -2.20. The predicted octanol–water partition coefficient (Wildman–Crippen LogP) is 3.69. The van der Waals surface area contributed by atoms with E-state index >= 15 is 0 Å². The molecule has 0 unspecified atom stereocenters. The number of thiocarbonyl (C=S) groups is 1. The number of carbonyl (C=O) groups excluding carboxylic acids is 2. The van der Waals surface area contributed by atoms with Crippen LogP contribution in [0, 0.1) is 0 Å². The summed E-state index contributed by atoms with van der Waals surface area (Å²) in [6.45, 7) is 0. The quantitative estimate of drug-likeness (QED) is 0.360. The lowest BCUT2D eigenvalue weighted by molar-refractivity contribution is -0.119. The Morgan fingerprint density at radius 2 is 1.69 bits per heavy atom. The number of carbonyl (C=O) groups is 2. The topological polar surface area (TPSA) is 91.5 Å². The van der Waals surface area contributed by atoms with Gasteiger partial charge in [0.1, 0.15) is 5.75 Å². The van der Waals surface area contributed by atoms with Crippen molar-refractivity contribution in [3.8, 4) is 5.75 Å². The van der Waals surface area contributed by atoms with Crippen molar-refractivity contribution in [2.45, 2.75) is 0 Å². The van der Waals surface area contributed by atoms with E-state index in [1.165, 1.54) is 11.8 Å². The summed E-state index contributed by atoms with van der Waals surface area (Å²) in [4.78, 5) is 23.8. The van der Waals surface area contributed by atoms with Gasteiger partial charge in [0, 0.05) is 10.7 Å². The highest BCUT2D eigenvalue weighted by Gasteiger charge is 2.08. The molecule has 0 saturated heterocycles. The van der Waals surface area contributed by atoms with E-state index in [1.54, 1.807) is 49.6 Å². The Kier molecular flexibility index (Phi) is 9.33. The molecule has 0 saturated carbocycles. The van der Waals surface area contributed by atoms with Crippen LogP contribution in [0.1, 0.15) is 0 Å². The van der Waals surface area contributed by atoms with Crippen molar-refractivity contribution in [2.75, 3.05) is 29.2 Å². The van der Waals surface area contributed by atoms with Crippen LogP contribution < -0.4 is 26.2 Å². The van der Waals surface area contributed by atoms with Crippen LogP contribution in [0.5, 0.6) is 5.75 Å². The normalized spacial score (nSPS) is 10.0. The van der Waals surface area contributed by atoms with Crippen LogP contribution >= 0.6 is 47.2 Å². The first-order valence-corrected chi connectivity index (χ1v) is 10.5. The number of nitrogens with one attached hydrogen (secondary N) is 4. The van der Waals surface area contributed by atoms with Gasteiger partial charge in [-0.15, -0.1) is 11.8 Å². The first-order chi connectivity index (χ1) is 13.9. The second kappa shape index (κ2) is 11.7. The van der Waals surface area contributed by atoms with E-state index in [9.17, 15) is 9.59 Å². The lowest BCUT2D eigenvalue weighted by Gasteiger charge is -2.12. The van der Waals surface area contributed by atoms with E-state index in [0.29, 0.717) is 27.2 Å². The molecule has 0 aliphatic carbocycles. The van der Waals surface area contributed by atoms with Crippen LogP contribution in [0.15, 0.2) is 42.5 Å². The van der Waals surface area contributed by atoms with Crippen molar-refractivity contribution in [1.82, 2.24) is 10.9 Å². The molecule has 2 amide bonds. The fraction of sp³-hybridized carbons (Fsp3) is 0.167. The van der Waals surface area contributed by atoms with Gasteiger partial charge in [0.05, 0.1) is 29.3 Å². The number of hydrogen-bond donors (Lipinski definition) is 4. The zero-order valence-electron chi connectivity index (χ0n) is 15.3. The highest BCUT2D eigenvalue weighted by Crippen LogP contribution is 2.25. The average Bonchev–Trinajstić information content (AvgIpc) is 2.69. The zero-order valence-corrected chi connectivity index (χ0v) is 18.4. The molecule has 0 fully saturated rings. The van der Waals surface area contributed by atoms with Gasteiger partial charge in [0.2, 0.25) is 11.8 Å². The van der Waals surface area contributed by atoms with E-state index in [4.69, 9.17) is 40.2 Å². The number of hydrogen-bond acceptors (Lipinski definition) is 5. The van der Waals surface area contributed by atoms with Gasteiger partial charge in [-0.25, -0.2) is 0 Å². The minimum Gasteiger partial charge on any atom is -0.497 e. The number of benzene rings is 2. The third-order valence-electron chi connectivity index (χ3n) is 3.33. The molecule has 0 spiro atoms. The summed E-state index contributed by atoms with van der Waals surface area (Å²) in [6.07, 6.45) is 0. The van der Waals surface area contributed by atoms with Crippen molar-refractivity contribution in [3.63, 3.8) is 0 Å². The number of anilines is 2.